The molecule has 0 amide bonds. The molecule has 0 aliphatic carbocycles. The van der Waals surface area contributed by atoms with Crippen LogP contribution in [0.2, 0.25) is 0 Å². The number of benzene rings is 1. The first-order valence-corrected chi connectivity index (χ1v) is 8.44. The number of hydrogen-bond acceptors (Lipinski definition) is 5. The summed E-state index contributed by atoms with van der Waals surface area (Å²) in [5.74, 6) is 0. The minimum absolute atomic E-state index is 0.0866. The maximum atomic E-state index is 10.8. The van der Waals surface area contributed by atoms with E-state index in [0.29, 0.717) is 5.69 Å². The molecule has 0 atom stereocenters. The molecule has 0 fully saturated rings. The van der Waals surface area contributed by atoms with Crippen LogP contribution in [-0.2, 0) is 19.2 Å². The molecule has 4 N–H and O–H groups in total. The summed E-state index contributed by atoms with van der Waals surface area (Å²) in [6.45, 7) is 3.07. The van der Waals surface area contributed by atoms with Crippen molar-refractivity contribution in [2.45, 2.75) is 24.3 Å². The first-order valence-electron chi connectivity index (χ1n) is 5.47. The van der Waals surface area contributed by atoms with Gasteiger partial charge in [-0.2, -0.15) is 8.42 Å². The van der Waals surface area contributed by atoms with Crippen molar-refractivity contribution in [1.29, 1.82) is 0 Å². The zero-order valence-electron chi connectivity index (χ0n) is 10.8. The Labute approximate surface area is 116 Å². The maximum Gasteiger partial charge on any atom is 0.470 e. The van der Waals surface area contributed by atoms with Crippen molar-refractivity contribution >= 4 is 23.6 Å². The van der Waals surface area contributed by atoms with Crippen molar-refractivity contribution in [3.05, 3.63) is 24.3 Å². The van der Waals surface area contributed by atoms with Crippen LogP contribution < -0.4 is 5.32 Å². The Kier molecular flexibility index (Phi) is 4.96. The fraction of sp³-hybridized carbons (Fsp3) is 0.400. The first-order chi connectivity index (χ1) is 8.89. The third-order valence-electron chi connectivity index (χ3n) is 2.24. The molecule has 8 nitrogen and oxygen atoms in total. The largest absolute Gasteiger partial charge is 0.470 e. The van der Waals surface area contributed by atoms with Gasteiger partial charge in [0.25, 0.3) is 10.1 Å². The van der Waals surface area contributed by atoms with E-state index in [9.17, 15) is 13.0 Å². The van der Waals surface area contributed by atoms with Crippen molar-refractivity contribution in [1.82, 2.24) is 0 Å². The van der Waals surface area contributed by atoms with Crippen LogP contribution in [0.1, 0.15) is 13.8 Å². The van der Waals surface area contributed by atoms with Crippen molar-refractivity contribution in [2.24, 2.45) is 0 Å². The highest BCUT2D eigenvalue weighted by atomic mass is 32.2. The van der Waals surface area contributed by atoms with Crippen LogP contribution in [0.4, 0.5) is 5.69 Å². The zero-order valence-corrected chi connectivity index (χ0v) is 12.6. The molecule has 20 heavy (non-hydrogen) atoms. The van der Waals surface area contributed by atoms with E-state index < -0.39 is 23.5 Å². The second-order valence-electron chi connectivity index (χ2n) is 4.69. The van der Waals surface area contributed by atoms with Crippen molar-refractivity contribution in [3.8, 4) is 0 Å². The van der Waals surface area contributed by atoms with Crippen LogP contribution in [0.25, 0.3) is 0 Å². The van der Waals surface area contributed by atoms with Crippen molar-refractivity contribution < 1.29 is 31.8 Å². The van der Waals surface area contributed by atoms with Crippen LogP contribution in [-0.4, -0.2) is 34.9 Å². The van der Waals surface area contributed by atoms with Gasteiger partial charge in [-0.25, -0.2) is 4.57 Å². The highest BCUT2D eigenvalue weighted by Gasteiger charge is 2.28. The molecule has 0 aliphatic rings. The highest BCUT2D eigenvalue weighted by molar-refractivity contribution is 7.85. The molecule has 0 unspecified atom stereocenters. The van der Waals surface area contributed by atoms with Gasteiger partial charge >= 0.3 is 7.82 Å². The fourth-order valence-corrected chi connectivity index (χ4v) is 2.60. The molecule has 0 aliphatic heterocycles. The van der Waals surface area contributed by atoms with E-state index in [0.717, 1.165) is 0 Å². The second kappa shape index (κ2) is 5.80. The van der Waals surface area contributed by atoms with Crippen LogP contribution in [0.5, 0.6) is 0 Å². The van der Waals surface area contributed by atoms with Gasteiger partial charge in [0.15, 0.2) is 0 Å². The summed E-state index contributed by atoms with van der Waals surface area (Å²) in [5, 5.41) is 2.84. The number of phosphoric ester groups is 1. The van der Waals surface area contributed by atoms with Crippen molar-refractivity contribution in [3.63, 3.8) is 0 Å². The molecule has 1 rings (SSSR count). The molecule has 0 heterocycles. The Morgan fingerprint density at radius 2 is 1.75 bits per heavy atom. The molecule has 0 saturated carbocycles. The molecule has 0 spiro atoms. The average Bonchev–Trinajstić information content (AvgIpc) is 2.22. The number of nitrogens with one attached hydrogen (secondary N) is 1. The lowest BCUT2D eigenvalue weighted by atomic mass is 10.1. The summed E-state index contributed by atoms with van der Waals surface area (Å²) >= 11 is 0. The predicted octanol–water partition coefficient (Wildman–Crippen LogP) is 1.23. The third kappa shape index (κ3) is 6.00. The molecule has 0 aromatic heterocycles. The standard InChI is InChI=1S/C10H16NO7PS/c1-10(2,18-19(12,13)14)7-11-8-3-5-9(6-4-8)20(15,16)17/h3-6,11H,7H2,1-2H3,(H2,12,13,14)(H,15,16,17). The number of phosphoric acid groups is 1. The summed E-state index contributed by atoms with van der Waals surface area (Å²) in [5.41, 5.74) is -0.611. The van der Waals surface area contributed by atoms with Gasteiger partial charge in [0.1, 0.15) is 0 Å². The molecule has 114 valence electrons. The summed E-state index contributed by atoms with van der Waals surface area (Å²) in [4.78, 5) is 17.2. The maximum absolute atomic E-state index is 10.8. The molecule has 0 saturated heterocycles. The summed E-state index contributed by atoms with van der Waals surface area (Å²) in [7, 11) is -8.83. The molecular weight excluding hydrogens is 309 g/mol. The Bertz CT molecular complexity index is 605. The van der Waals surface area contributed by atoms with Gasteiger partial charge in [0.05, 0.1) is 10.5 Å². The second-order valence-corrected chi connectivity index (χ2v) is 7.28. The van der Waals surface area contributed by atoms with Crippen LogP contribution in [0.15, 0.2) is 29.2 Å². The highest BCUT2D eigenvalue weighted by Crippen LogP contribution is 2.41. The van der Waals surface area contributed by atoms with E-state index in [-0.39, 0.29) is 11.4 Å². The van der Waals surface area contributed by atoms with Gasteiger partial charge in [0, 0.05) is 12.2 Å². The van der Waals surface area contributed by atoms with E-state index in [4.69, 9.17) is 14.3 Å². The van der Waals surface area contributed by atoms with Gasteiger partial charge in [0.2, 0.25) is 0 Å². The lowest BCUT2D eigenvalue weighted by molar-refractivity contribution is 0.0758. The zero-order chi connectivity index (χ0) is 15.6. The summed E-state index contributed by atoms with van der Waals surface area (Å²) in [6.07, 6.45) is 0. The van der Waals surface area contributed by atoms with E-state index in [1.165, 1.54) is 38.1 Å². The van der Waals surface area contributed by atoms with Gasteiger partial charge < -0.3 is 15.1 Å². The van der Waals surface area contributed by atoms with Gasteiger partial charge in [-0.05, 0) is 38.1 Å². The van der Waals surface area contributed by atoms with Crippen LogP contribution >= 0.6 is 7.82 Å². The fourth-order valence-electron chi connectivity index (χ4n) is 1.41. The molecule has 1 aromatic carbocycles. The number of rotatable bonds is 6. The van der Waals surface area contributed by atoms with Gasteiger partial charge in [-0.1, -0.05) is 0 Å². The predicted molar refractivity (Wildman–Crippen MR) is 72.0 cm³/mol. The minimum atomic E-state index is -4.59. The Hall–Kier alpha value is -0.960. The van der Waals surface area contributed by atoms with Crippen molar-refractivity contribution in [2.75, 3.05) is 11.9 Å². The third-order valence-corrected chi connectivity index (χ3v) is 3.84. The smallest absolute Gasteiger partial charge is 0.382 e. The number of anilines is 1. The quantitative estimate of drug-likeness (QED) is 0.453. The van der Waals surface area contributed by atoms with E-state index in [2.05, 4.69) is 9.84 Å². The summed E-state index contributed by atoms with van der Waals surface area (Å²) in [6, 6.07) is 5.23. The molecule has 0 radical (unpaired) electrons. The Morgan fingerprint density at radius 1 is 1.25 bits per heavy atom. The Balaban J connectivity index is 2.69. The normalized spacial score (nSPS) is 13.2. The minimum Gasteiger partial charge on any atom is -0.382 e. The Morgan fingerprint density at radius 3 is 2.15 bits per heavy atom. The van der Waals surface area contributed by atoms with E-state index >= 15 is 0 Å². The monoisotopic (exact) mass is 325 g/mol. The topological polar surface area (TPSA) is 133 Å². The molecule has 1 aromatic rings. The molecular formula is C10H16NO7PS. The van der Waals surface area contributed by atoms with Crippen LogP contribution in [0, 0.1) is 0 Å². The van der Waals surface area contributed by atoms with E-state index in [1.54, 1.807) is 0 Å². The van der Waals surface area contributed by atoms with Gasteiger partial charge in [-0.15, -0.1) is 0 Å². The molecule has 0 bridgehead atoms. The van der Waals surface area contributed by atoms with Gasteiger partial charge in [-0.3, -0.25) is 9.08 Å². The SMILES string of the molecule is CC(C)(CNc1ccc(S(=O)(=O)O)cc1)OP(=O)(O)O. The van der Waals surface area contributed by atoms with E-state index in [1.807, 2.05) is 0 Å². The molecule has 10 heteroatoms. The summed E-state index contributed by atoms with van der Waals surface area (Å²) < 4.78 is 45.9. The number of hydrogen-bond donors (Lipinski definition) is 4. The lowest BCUT2D eigenvalue weighted by Crippen LogP contribution is -2.32. The average molecular weight is 325 g/mol. The first kappa shape index (κ1) is 17.1. The van der Waals surface area contributed by atoms with Crippen LogP contribution in [0.3, 0.4) is 0 Å². The lowest BCUT2D eigenvalue weighted by Gasteiger charge is -2.26.